The van der Waals surface area contributed by atoms with E-state index in [1.807, 2.05) is 18.5 Å². The molecule has 1 N–H and O–H groups in total. The Morgan fingerprint density at radius 2 is 1.72 bits per heavy atom. The SMILES string of the molecule is COc1cc(OC)cc(C(=O)N2CCC(C(=O)NC[C@@H](C)Cn3nc(C)cc3C)CC2)c1. The number of nitrogens with one attached hydrogen (secondary N) is 1. The van der Waals surface area contributed by atoms with Crippen LogP contribution in [0.3, 0.4) is 0 Å². The van der Waals surface area contributed by atoms with Gasteiger partial charge in [-0.15, -0.1) is 0 Å². The van der Waals surface area contributed by atoms with E-state index in [0.29, 0.717) is 49.5 Å². The zero-order chi connectivity index (χ0) is 23.3. The molecule has 174 valence electrons. The Kier molecular flexibility index (Phi) is 7.77. The highest BCUT2D eigenvalue weighted by Gasteiger charge is 2.28. The maximum Gasteiger partial charge on any atom is 0.254 e. The Labute approximate surface area is 189 Å². The number of likely N-dealkylation sites (tertiary alicyclic amines) is 1. The van der Waals surface area contributed by atoms with Crippen LogP contribution < -0.4 is 14.8 Å². The second kappa shape index (κ2) is 10.5. The Morgan fingerprint density at radius 3 is 2.25 bits per heavy atom. The quantitative estimate of drug-likeness (QED) is 0.680. The average molecular weight is 443 g/mol. The largest absolute Gasteiger partial charge is 0.497 e. The van der Waals surface area contributed by atoms with Crippen molar-refractivity contribution in [2.45, 2.75) is 40.2 Å². The van der Waals surface area contributed by atoms with Crippen LogP contribution in [0.15, 0.2) is 24.3 Å². The lowest BCUT2D eigenvalue weighted by atomic mass is 9.95. The van der Waals surface area contributed by atoms with Gasteiger partial charge >= 0.3 is 0 Å². The predicted octanol–water partition coefficient (Wildman–Crippen LogP) is 2.82. The first-order valence-corrected chi connectivity index (χ1v) is 11.1. The monoisotopic (exact) mass is 442 g/mol. The molecular formula is C24H34N4O4. The second-order valence-corrected chi connectivity index (χ2v) is 8.63. The molecule has 1 saturated heterocycles. The third-order valence-corrected chi connectivity index (χ3v) is 5.96. The van der Waals surface area contributed by atoms with E-state index >= 15 is 0 Å². The number of hydrogen-bond acceptors (Lipinski definition) is 5. The number of piperidine rings is 1. The fourth-order valence-corrected chi connectivity index (χ4v) is 4.10. The smallest absolute Gasteiger partial charge is 0.254 e. The van der Waals surface area contributed by atoms with Gasteiger partial charge in [-0.1, -0.05) is 6.92 Å². The van der Waals surface area contributed by atoms with Crippen molar-refractivity contribution in [2.24, 2.45) is 11.8 Å². The van der Waals surface area contributed by atoms with Crippen molar-refractivity contribution in [2.75, 3.05) is 33.9 Å². The van der Waals surface area contributed by atoms with Gasteiger partial charge in [0, 0.05) is 49.4 Å². The number of rotatable bonds is 8. The zero-order valence-electron chi connectivity index (χ0n) is 19.7. The number of aromatic nitrogens is 2. The minimum Gasteiger partial charge on any atom is -0.497 e. The average Bonchev–Trinajstić information content (AvgIpc) is 3.12. The van der Waals surface area contributed by atoms with E-state index in [1.54, 1.807) is 37.3 Å². The van der Waals surface area contributed by atoms with Crippen LogP contribution in [0.25, 0.3) is 0 Å². The number of hydrogen-bond donors (Lipinski definition) is 1. The van der Waals surface area contributed by atoms with E-state index in [-0.39, 0.29) is 23.7 Å². The highest BCUT2D eigenvalue weighted by Crippen LogP contribution is 2.25. The number of aryl methyl sites for hydroxylation is 2. The number of carbonyl (C=O) groups excluding carboxylic acids is 2. The van der Waals surface area contributed by atoms with Crippen LogP contribution in [-0.2, 0) is 11.3 Å². The molecule has 0 radical (unpaired) electrons. The van der Waals surface area contributed by atoms with Crippen LogP contribution in [-0.4, -0.2) is 60.3 Å². The maximum atomic E-state index is 12.9. The summed E-state index contributed by atoms with van der Waals surface area (Å²) in [5.74, 6) is 1.37. The molecule has 1 atom stereocenters. The molecule has 0 aliphatic carbocycles. The standard InChI is InChI=1S/C24H34N4O4/c1-16(15-28-18(3)10-17(2)26-28)14-25-23(29)19-6-8-27(9-7-19)24(30)20-11-21(31-4)13-22(12-20)32-5/h10-13,16,19H,6-9,14-15H2,1-5H3,(H,25,29)/t16-/m1/s1. The van der Waals surface area contributed by atoms with Gasteiger partial charge in [0.15, 0.2) is 0 Å². The van der Waals surface area contributed by atoms with Gasteiger partial charge in [0.1, 0.15) is 11.5 Å². The van der Waals surface area contributed by atoms with E-state index in [4.69, 9.17) is 9.47 Å². The molecule has 8 heteroatoms. The molecule has 1 aromatic carbocycles. The third-order valence-electron chi connectivity index (χ3n) is 5.96. The Hall–Kier alpha value is -3.03. The van der Waals surface area contributed by atoms with E-state index in [0.717, 1.165) is 17.9 Å². The van der Waals surface area contributed by atoms with Crippen LogP contribution in [0.5, 0.6) is 11.5 Å². The van der Waals surface area contributed by atoms with Gasteiger partial charge in [-0.05, 0) is 50.8 Å². The molecule has 32 heavy (non-hydrogen) atoms. The van der Waals surface area contributed by atoms with Gasteiger partial charge in [-0.2, -0.15) is 5.10 Å². The summed E-state index contributed by atoms with van der Waals surface area (Å²) in [4.78, 5) is 27.4. The number of ether oxygens (including phenoxy) is 2. The minimum atomic E-state index is -0.0698. The summed E-state index contributed by atoms with van der Waals surface area (Å²) in [6, 6.07) is 7.23. The molecule has 2 aromatic rings. The Morgan fingerprint density at radius 1 is 1.09 bits per heavy atom. The normalized spacial score (nSPS) is 15.3. The van der Waals surface area contributed by atoms with Crippen LogP contribution in [0.2, 0.25) is 0 Å². The molecule has 2 amide bonds. The molecule has 2 heterocycles. The number of benzene rings is 1. The molecule has 1 aliphatic heterocycles. The Balaban J connectivity index is 1.48. The minimum absolute atomic E-state index is 0.0696. The lowest BCUT2D eigenvalue weighted by molar-refractivity contribution is -0.126. The van der Waals surface area contributed by atoms with Gasteiger partial charge in [-0.3, -0.25) is 14.3 Å². The lowest BCUT2D eigenvalue weighted by Crippen LogP contribution is -2.43. The molecular weight excluding hydrogens is 408 g/mol. The molecule has 0 spiro atoms. The van der Waals surface area contributed by atoms with E-state index < -0.39 is 0 Å². The summed E-state index contributed by atoms with van der Waals surface area (Å²) in [6.45, 7) is 8.63. The summed E-state index contributed by atoms with van der Waals surface area (Å²) in [6.07, 6.45) is 1.31. The molecule has 1 aliphatic rings. The van der Waals surface area contributed by atoms with Crippen LogP contribution >= 0.6 is 0 Å². The van der Waals surface area contributed by atoms with Gasteiger partial charge in [0.05, 0.1) is 19.9 Å². The number of carbonyl (C=O) groups is 2. The first kappa shape index (κ1) is 23.6. The fourth-order valence-electron chi connectivity index (χ4n) is 4.10. The first-order chi connectivity index (χ1) is 15.3. The first-order valence-electron chi connectivity index (χ1n) is 11.1. The van der Waals surface area contributed by atoms with Crippen LogP contribution in [0.4, 0.5) is 0 Å². The van der Waals surface area contributed by atoms with Crippen LogP contribution in [0, 0.1) is 25.7 Å². The van der Waals surface area contributed by atoms with Crippen molar-refractivity contribution in [1.29, 1.82) is 0 Å². The Bertz CT molecular complexity index is 925. The summed E-state index contributed by atoms with van der Waals surface area (Å²) >= 11 is 0. The highest BCUT2D eigenvalue weighted by atomic mass is 16.5. The molecule has 0 unspecified atom stereocenters. The summed E-state index contributed by atoms with van der Waals surface area (Å²) in [7, 11) is 3.12. The van der Waals surface area contributed by atoms with Crippen molar-refractivity contribution in [3.8, 4) is 11.5 Å². The fraction of sp³-hybridized carbons (Fsp3) is 0.542. The van der Waals surface area contributed by atoms with Gasteiger partial charge < -0.3 is 19.7 Å². The van der Waals surface area contributed by atoms with Crippen molar-refractivity contribution < 1.29 is 19.1 Å². The van der Waals surface area contributed by atoms with Crippen molar-refractivity contribution in [3.05, 3.63) is 41.2 Å². The maximum absolute atomic E-state index is 12.9. The molecule has 0 bridgehead atoms. The molecule has 3 rings (SSSR count). The van der Waals surface area contributed by atoms with Gasteiger partial charge in [0.25, 0.3) is 5.91 Å². The number of methoxy groups -OCH3 is 2. The summed E-state index contributed by atoms with van der Waals surface area (Å²) in [5.41, 5.74) is 2.67. The summed E-state index contributed by atoms with van der Waals surface area (Å²) in [5, 5.41) is 7.58. The van der Waals surface area contributed by atoms with E-state index in [2.05, 4.69) is 23.4 Å². The topological polar surface area (TPSA) is 85.7 Å². The second-order valence-electron chi connectivity index (χ2n) is 8.63. The molecule has 8 nitrogen and oxygen atoms in total. The predicted molar refractivity (Wildman–Crippen MR) is 122 cm³/mol. The zero-order valence-corrected chi connectivity index (χ0v) is 19.7. The number of nitrogens with zero attached hydrogens (tertiary/aromatic N) is 3. The van der Waals surface area contributed by atoms with Crippen molar-refractivity contribution >= 4 is 11.8 Å². The molecule has 0 saturated carbocycles. The number of amides is 2. The lowest BCUT2D eigenvalue weighted by Gasteiger charge is -2.31. The third kappa shape index (κ3) is 5.81. The molecule has 1 fully saturated rings. The highest BCUT2D eigenvalue weighted by molar-refractivity contribution is 5.95. The van der Waals surface area contributed by atoms with E-state index in [1.165, 1.54) is 0 Å². The van der Waals surface area contributed by atoms with Crippen molar-refractivity contribution in [1.82, 2.24) is 20.0 Å². The van der Waals surface area contributed by atoms with Crippen LogP contribution in [0.1, 0.15) is 41.5 Å². The van der Waals surface area contributed by atoms with Gasteiger partial charge in [0.2, 0.25) is 5.91 Å². The van der Waals surface area contributed by atoms with Crippen molar-refractivity contribution in [3.63, 3.8) is 0 Å². The molecule has 1 aromatic heterocycles. The van der Waals surface area contributed by atoms with E-state index in [9.17, 15) is 9.59 Å². The summed E-state index contributed by atoms with van der Waals surface area (Å²) < 4.78 is 12.5. The van der Waals surface area contributed by atoms with Gasteiger partial charge in [-0.25, -0.2) is 0 Å².